The molecule has 2 nitrogen and oxygen atoms in total. The molecule has 0 spiro atoms. The maximum Gasteiger partial charge on any atom is 0.159 e. The van der Waals surface area contributed by atoms with Gasteiger partial charge in [-0.3, -0.25) is 4.79 Å². The number of carbonyl (C=O) groups is 1. The summed E-state index contributed by atoms with van der Waals surface area (Å²) >= 11 is 0. The van der Waals surface area contributed by atoms with Crippen LogP contribution in [0.2, 0.25) is 0 Å². The Balaban J connectivity index is 2.42. The van der Waals surface area contributed by atoms with E-state index in [1.807, 2.05) is 38.1 Å². The molecule has 0 aliphatic rings. The van der Waals surface area contributed by atoms with Gasteiger partial charge in [0.15, 0.2) is 5.78 Å². The summed E-state index contributed by atoms with van der Waals surface area (Å²) in [5, 5.41) is 3.46. The Kier molecular flexibility index (Phi) is 3.70. The lowest BCUT2D eigenvalue weighted by atomic mass is 10.0. The molecular formula is C17H19NO. The van der Waals surface area contributed by atoms with Crippen molar-refractivity contribution in [1.29, 1.82) is 0 Å². The molecule has 0 heterocycles. The summed E-state index contributed by atoms with van der Waals surface area (Å²) in [6.07, 6.45) is 0. The minimum Gasteiger partial charge on any atom is -0.355 e. The lowest BCUT2D eigenvalue weighted by molar-refractivity contribution is 0.101. The number of carbonyl (C=O) groups excluding carboxylic acids is 1. The molecule has 2 aromatic carbocycles. The molecule has 0 unspecified atom stereocenters. The first-order chi connectivity index (χ1) is 8.99. The molecule has 0 aromatic heterocycles. The fraction of sp³-hybridized carbons (Fsp3) is 0.235. The zero-order valence-corrected chi connectivity index (χ0v) is 11.9. The molecule has 0 radical (unpaired) electrons. The molecule has 0 aliphatic heterocycles. The smallest absolute Gasteiger partial charge is 0.159 e. The number of Topliss-reactive ketones (excluding diaryl/α,β-unsaturated/α-hetero) is 1. The minimum atomic E-state index is 0.105. The molecule has 0 bridgehead atoms. The highest BCUT2D eigenvalue weighted by atomic mass is 16.1. The summed E-state index contributed by atoms with van der Waals surface area (Å²) in [4.78, 5) is 11.5. The van der Waals surface area contributed by atoms with Crippen LogP contribution in [0.3, 0.4) is 0 Å². The second-order valence-electron chi connectivity index (χ2n) is 4.98. The first-order valence-electron chi connectivity index (χ1n) is 6.44. The normalized spacial score (nSPS) is 10.3. The molecule has 2 aromatic rings. The van der Waals surface area contributed by atoms with Crippen LogP contribution in [0.1, 0.15) is 34.0 Å². The van der Waals surface area contributed by atoms with E-state index >= 15 is 0 Å². The van der Waals surface area contributed by atoms with Gasteiger partial charge in [0, 0.05) is 16.9 Å². The highest BCUT2D eigenvalue weighted by Crippen LogP contribution is 2.27. The number of ketones is 1. The third-order valence-electron chi connectivity index (χ3n) is 3.34. The van der Waals surface area contributed by atoms with Gasteiger partial charge in [0.25, 0.3) is 0 Å². The van der Waals surface area contributed by atoms with Gasteiger partial charge in [-0.1, -0.05) is 18.2 Å². The number of hydrogen-bond acceptors (Lipinski definition) is 2. The van der Waals surface area contributed by atoms with Gasteiger partial charge in [-0.05, 0) is 62.6 Å². The number of nitrogens with one attached hydrogen (secondary N) is 1. The van der Waals surface area contributed by atoms with Crippen LogP contribution in [0, 0.1) is 20.8 Å². The Morgan fingerprint density at radius 2 is 1.53 bits per heavy atom. The van der Waals surface area contributed by atoms with E-state index in [9.17, 15) is 4.79 Å². The Morgan fingerprint density at radius 3 is 2.05 bits per heavy atom. The van der Waals surface area contributed by atoms with Crippen LogP contribution in [0.5, 0.6) is 0 Å². The third-order valence-corrected chi connectivity index (χ3v) is 3.34. The van der Waals surface area contributed by atoms with Crippen molar-refractivity contribution in [2.45, 2.75) is 27.7 Å². The Labute approximate surface area is 114 Å². The van der Waals surface area contributed by atoms with E-state index in [0.717, 1.165) is 28.1 Å². The fourth-order valence-corrected chi connectivity index (χ4v) is 2.21. The van der Waals surface area contributed by atoms with Crippen LogP contribution in [0.25, 0.3) is 0 Å². The van der Waals surface area contributed by atoms with E-state index in [-0.39, 0.29) is 5.78 Å². The predicted octanol–water partition coefficient (Wildman–Crippen LogP) is 4.56. The number of rotatable bonds is 3. The number of benzene rings is 2. The van der Waals surface area contributed by atoms with E-state index < -0.39 is 0 Å². The Morgan fingerprint density at radius 1 is 0.947 bits per heavy atom. The molecule has 0 aliphatic carbocycles. The van der Waals surface area contributed by atoms with Gasteiger partial charge in [-0.25, -0.2) is 0 Å². The van der Waals surface area contributed by atoms with Gasteiger partial charge >= 0.3 is 0 Å². The van der Waals surface area contributed by atoms with Gasteiger partial charge < -0.3 is 5.32 Å². The fourth-order valence-electron chi connectivity index (χ4n) is 2.21. The average molecular weight is 253 g/mol. The maximum absolute atomic E-state index is 11.5. The summed E-state index contributed by atoms with van der Waals surface area (Å²) < 4.78 is 0. The first kappa shape index (κ1) is 13.3. The quantitative estimate of drug-likeness (QED) is 0.812. The standard InChI is InChI=1S/C17H19NO/c1-11-7-5-6-8-16(11)18-17-12(2)9-15(14(4)19)10-13(17)3/h5-10,18H,1-4H3. The zero-order valence-electron chi connectivity index (χ0n) is 11.9. The maximum atomic E-state index is 11.5. The highest BCUT2D eigenvalue weighted by Gasteiger charge is 2.08. The number of hydrogen-bond donors (Lipinski definition) is 1. The third kappa shape index (κ3) is 2.84. The molecule has 0 saturated heterocycles. The highest BCUT2D eigenvalue weighted by molar-refractivity contribution is 5.95. The van der Waals surface area contributed by atoms with Gasteiger partial charge in [0.05, 0.1) is 0 Å². The van der Waals surface area contributed by atoms with Crippen molar-refractivity contribution in [3.63, 3.8) is 0 Å². The monoisotopic (exact) mass is 253 g/mol. The topological polar surface area (TPSA) is 29.1 Å². The number of para-hydroxylation sites is 1. The van der Waals surface area contributed by atoms with Gasteiger partial charge in [0.2, 0.25) is 0 Å². The van der Waals surface area contributed by atoms with Crippen molar-refractivity contribution in [2.24, 2.45) is 0 Å². The second-order valence-corrected chi connectivity index (χ2v) is 4.98. The van der Waals surface area contributed by atoms with Gasteiger partial charge in [-0.2, -0.15) is 0 Å². The summed E-state index contributed by atoms with van der Waals surface area (Å²) in [6.45, 7) is 7.74. The van der Waals surface area contributed by atoms with E-state index in [4.69, 9.17) is 0 Å². The van der Waals surface area contributed by atoms with E-state index in [1.54, 1.807) is 6.92 Å². The Bertz CT molecular complexity index is 606. The largest absolute Gasteiger partial charge is 0.355 e. The molecule has 98 valence electrons. The molecule has 2 heteroatoms. The van der Waals surface area contributed by atoms with Crippen LogP contribution in [0.4, 0.5) is 11.4 Å². The molecule has 2 rings (SSSR count). The molecule has 1 N–H and O–H groups in total. The van der Waals surface area contributed by atoms with Gasteiger partial charge in [0.1, 0.15) is 0 Å². The minimum absolute atomic E-state index is 0.105. The van der Waals surface area contributed by atoms with Crippen molar-refractivity contribution in [2.75, 3.05) is 5.32 Å². The van der Waals surface area contributed by atoms with Crippen LogP contribution in [0.15, 0.2) is 36.4 Å². The van der Waals surface area contributed by atoms with Crippen LogP contribution in [-0.4, -0.2) is 5.78 Å². The van der Waals surface area contributed by atoms with E-state index in [2.05, 4.69) is 24.4 Å². The van der Waals surface area contributed by atoms with Crippen LogP contribution >= 0.6 is 0 Å². The molecule has 0 saturated carbocycles. The first-order valence-corrected chi connectivity index (χ1v) is 6.44. The van der Waals surface area contributed by atoms with Crippen molar-refractivity contribution >= 4 is 17.2 Å². The van der Waals surface area contributed by atoms with Crippen molar-refractivity contribution < 1.29 is 4.79 Å². The lowest BCUT2D eigenvalue weighted by Crippen LogP contribution is -2.01. The molecule has 19 heavy (non-hydrogen) atoms. The SMILES string of the molecule is CC(=O)c1cc(C)c(Nc2ccccc2C)c(C)c1. The van der Waals surface area contributed by atoms with Crippen molar-refractivity contribution in [3.8, 4) is 0 Å². The van der Waals surface area contributed by atoms with E-state index in [0.29, 0.717) is 0 Å². The summed E-state index contributed by atoms with van der Waals surface area (Å²) in [5.74, 6) is 0.105. The van der Waals surface area contributed by atoms with Crippen molar-refractivity contribution in [3.05, 3.63) is 58.7 Å². The van der Waals surface area contributed by atoms with Crippen molar-refractivity contribution in [1.82, 2.24) is 0 Å². The molecule has 0 atom stereocenters. The predicted molar refractivity (Wildman–Crippen MR) is 80.4 cm³/mol. The lowest BCUT2D eigenvalue weighted by Gasteiger charge is -2.15. The summed E-state index contributed by atoms with van der Waals surface area (Å²) in [7, 11) is 0. The van der Waals surface area contributed by atoms with Crippen LogP contribution in [-0.2, 0) is 0 Å². The summed E-state index contributed by atoms with van der Waals surface area (Å²) in [6, 6.07) is 12.1. The molecular weight excluding hydrogens is 234 g/mol. The molecule has 0 amide bonds. The number of aryl methyl sites for hydroxylation is 3. The average Bonchev–Trinajstić information content (AvgIpc) is 2.35. The molecule has 0 fully saturated rings. The second kappa shape index (κ2) is 5.27. The van der Waals surface area contributed by atoms with E-state index in [1.165, 1.54) is 5.56 Å². The van der Waals surface area contributed by atoms with Crippen LogP contribution < -0.4 is 5.32 Å². The summed E-state index contributed by atoms with van der Waals surface area (Å²) in [5.41, 5.74) is 6.34. The van der Waals surface area contributed by atoms with Gasteiger partial charge in [-0.15, -0.1) is 0 Å². The Hall–Kier alpha value is -2.09. The zero-order chi connectivity index (χ0) is 14.0. The number of anilines is 2.